The van der Waals surface area contributed by atoms with Gasteiger partial charge in [0.2, 0.25) is 11.8 Å². The number of nitrogens with zero attached hydrogens (tertiary/aromatic N) is 1. The fourth-order valence-corrected chi connectivity index (χ4v) is 5.98. The molecule has 0 spiro atoms. The number of hydrogen-bond donors (Lipinski definition) is 2. The molecule has 7 heteroatoms. The van der Waals surface area contributed by atoms with E-state index in [0.29, 0.717) is 6.54 Å². The summed E-state index contributed by atoms with van der Waals surface area (Å²) in [6, 6.07) is 15.6. The van der Waals surface area contributed by atoms with Crippen LogP contribution in [0.2, 0.25) is 0 Å². The third kappa shape index (κ3) is 12.4. The molecule has 2 unspecified atom stereocenters. The maximum Gasteiger partial charge on any atom is 0.408 e. The molecule has 2 atom stereocenters. The van der Waals surface area contributed by atoms with E-state index in [9.17, 15) is 14.4 Å². The summed E-state index contributed by atoms with van der Waals surface area (Å²) < 4.78 is 5.58. The van der Waals surface area contributed by atoms with E-state index >= 15 is 0 Å². The largest absolute Gasteiger partial charge is 0.444 e. The van der Waals surface area contributed by atoms with Gasteiger partial charge in [-0.1, -0.05) is 119 Å². The summed E-state index contributed by atoms with van der Waals surface area (Å²) in [4.78, 5) is 43.8. The number of carbonyl (C=O) groups is 3. The Balaban J connectivity index is 2.01. The van der Waals surface area contributed by atoms with Crippen molar-refractivity contribution >= 4 is 24.0 Å². The van der Waals surface area contributed by atoms with Crippen molar-refractivity contribution in [1.82, 2.24) is 15.5 Å². The molecule has 2 aromatic carbocycles. The van der Waals surface area contributed by atoms with Crippen LogP contribution < -0.4 is 10.6 Å². The molecule has 246 valence electrons. The van der Waals surface area contributed by atoms with Crippen LogP contribution >= 0.6 is 0 Å². The monoisotopic (exact) mass is 617 g/mol. The minimum atomic E-state index is -0.921. The van der Waals surface area contributed by atoms with Crippen LogP contribution in [0.5, 0.6) is 0 Å². The Morgan fingerprint density at radius 1 is 0.956 bits per heavy atom. The Labute approximate surface area is 271 Å². The van der Waals surface area contributed by atoms with Crippen LogP contribution in [0, 0.1) is 0 Å². The highest BCUT2D eigenvalue weighted by Crippen LogP contribution is 2.27. The van der Waals surface area contributed by atoms with Gasteiger partial charge < -0.3 is 20.3 Å². The summed E-state index contributed by atoms with van der Waals surface area (Å²) in [5.74, 6) is -0.482. The average molecular weight is 618 g/mol. The molecule has 0 radical (unpaired) electrons. The first-order valence-electron chi connectivity index (χ1n) is 17.0. The molecular formula is C38H55N3O4. The van der Waals surface area contributed by atoms with E-state index in [2.05, 4.69) is 24.1 Å². The van der Waals surface area contributed by atoms with Gasteiger partial charge in [-0.25, -0.2) is 4.79 Å². The highest BCUT2D eigenvalue weighted by molar-refractivity contribution is 5.92. The number of amides is 3. The summed E-state index contributed by atoms with van der Waals surface area (Å²) in [6.45, 7) is 11.9. The number of ether oxygens (including phenoxy) is 1. The maximum absolute atomic E-state index is 14.7. The summed E-state index contributed by atoms with van der Waals surface area (Å²) in [5.41, 5.74) is 1.79. The molecule has 0 aromatic heterocycles. The topological polar surface area (TPSA) is 87.7 Å². The molecule has 0 heterocycles. The normalized spacial score (nSPS) is 15.0. The molecule has 1 aliphatic carbocycles. The zero-order valence-corrected chi connectivity index (χ0v) is 28.0. The van der Waals surface area contributed by atoms with Crippen molar-refractivity contribution in [2.75, 3.05) is 6.54 Å². The predicted molar refractivity (Wildman–Crippen MR) is 183 cm³/mol. The number of hydrogen-bond acceptors (Lipinski definition) is 4. The quantitative estimate of drug-likeness (QED) is 0.186. The molecule has 0 bridgehead atoms. The summed E-state index contributed by atoms with van der Waals surface area (Å²) in [6.07, 6.45) is 12.9. The molecule has 1 saturated carbocycles. The lowest BCUT2D eigenvalue weighted by Crippen LogP contribution is -2.54. The smallest absolute Gasteiger partial charge is 0.408 e. The summed E-state index contributed by atoms with van der Waals surface area (Å²) in [7, 11) is 0. The van der Waals surface area contributed by atoms with Crippen molar-refractivity contribution in [3.05, 3.63) is 77.9 Å². The molecule has 45 heavy (non-hydrogen) atoms. The summed E-state index contributed by atoms with van der Waals surface area (Å²) >= 11 is 0. The average Bonchev–Trinajstić information content (AvgIpc) is 3.01. The Hall–Kier alpha value is -3.61. The summed E-state index contributed by atoms with van der Waals surface area (Å²) in [5, 5.41) is 6.17. The number of unbranched alkanes of at least 4 members (excludes halogenated alkanes) is 5. The van der Waals surface area contributed by atoms with Gasteiger partial charge in [0.1, 0.15) is 17.7 Å². The van der Waals surface area contributed by atoms with Crippen molar-refractivity contribution in [3.63, 3.8) is 0 Å². The van der Waals surface area contributed by atoms with E-state index in [1.165, 1.54) is 12.8 Å². The number of alkyl carbamates (subject to hydrolysis) is 1. The van der Waals surface area contributed by atoms with Gasteiger partial charge in [-0.05, 0) is 62.8 Å². The Morgan fingerprint density at radius 2 is 1.64 bits per heavy atom. The van der Waals surface area contributed by atoms with E-state index < -0.39 is 23.8 Å². The lowest BCUT2D eigenvalue weighted by molar-refractivity contribution is -0.143. The zero-order chi connectivity index (χ0) is 32.7. The van der Waals surface area contributed by atoms with Crippen LogP contribution in [0.4, 0.5) is 4.79 Å². The van der Waals surface area contributed by atoms with Gasteiger partial charge in [0, 0.05) is 19.0 Å². The highest BCUT2D eigenvalue weighted by Gasteiger charge is 2.37. The lowest BCUT2D eigenvalue weighted by atomic mass is 9.94. The van der Waals surface area contributed by atoms with Gasteiger partial charge in [-0.15, -0.1) is 0 Å². The Kier molecular flexibility index (Phi) is 14.6. The Morgan fingerprint density at radius 3 is 2.31 bits per heavy atom. The van der Waals surface area contributed by atoms with E-state index in [-0.39, 0.29) is 24.3 Å². The number of carbonyl (C=O) groups excluding carboxylic acids is 3. The maximum atomic E-state index is 14.7. The predicted octanol–water partition coefficient (Wildman–Crippen LogP) is 8.14. The van der Waals surface area contributed by atoms with Crippen molar-refractivity contribution in [1.29, 1.82) is 0 Å². The molecule has 3 rings (SSSR count). The third-order valence-electron chi connectivity index (χ3n) is 8.28. The second-order valence-electron chi connectivity index (χ2n) is 13.3. The van der Waals surface area contributed by atoms with Gasteiger partial charge in [0.15, 0.2) is 0 Å². The van der Waals surface area contributed by atoms with Gasteiger partial charge in [-0.2, -0.15) is 0 Å². The van der Waals surface area contributed by atoms with Gasteiger partial charge in [-0.3, -0.25) is 9.59 Å². The van der Waals surface area contributed by atoms with Crippen molar-refractivity contribution in [2.24, 2.45) is 0 Å². The molecule has 1 fully saturated rings. The lowest BCUT2D eigenvalue weighted by Gasteiger charge is -2.36. The minimum Gasteiger partial charge on any atom is -0.444 e. The van der Waals surface area contributed by atoms with Crippen LogP contribution in [0.25, 0.3) is 6.08 Å². The first kappa shape index (κ1) is 35.9. The fourth-order valence-electron chi connectivity index (χ4n) is 5.98. The van der Waals surface area contributed by atoms with Gasteiger partial charge in [0.05, 0.1) is 0 Å². The standard InChI is InChI=1S/C38H55N3O4/c1-6-8-9-10-11-18-26-41(36(43)33(28-30-20-14-12-15-21-30)40-37(44)45-38(3,4)5)34(31-23-19-22-29(7-2)27-31)35(42)39-32-24-16-13-17-25-32/h7,12,14-15,19-23,27,32-34H,2,6,8-11,13,16-18,24-26,28H2,1,3-5H3,(H,39,42)(H,40,44). The highest BCUT2D eigenvalue weighted by atomic mass is 16.6. The fraction of sp³-hybridized carbons (Fsp3) is 0.553. The number of rotatable bonds is 16. The SMILES string of the molecule is C=Cc1cccc(C(C(=O)NC2CCCCC2)N(CCCCCCCC)C(=O)C(Cc2ccccc2)NC(=O)OC(C)(C)C)c1. The number of nitrogens with one attached hydrogen (secondary N) is 2. The second kappa shape index (κ2) is 18.4. The third-order valence-corrected chi connectivity index (χ3v) is 8.28. The Bertz CT molecular complexity index is 1220. The molecule has 7 nitrogen and oxygen atoms in total. The van der Waals surface area contributed by atoms with Crippen molar-refractivity contribution in [3.8, 4) is 0 Å². The first-order chi connectivity index (χ1) is 21.6. The molecular weight excluding hydrogens is 562 g/mol. The second-order valence-corrected chi connectivity index (χ2v) is 13.3. The van der Waals surface area contributed by atoms with E-state index in [0.717, 1.165) is 74.5 Å². The minimum absolute atomic E-state index is 0.0855. The van der Waals surface area contributed by atoms with Crippen LogP contribution in [0.15, 0.2) is 61.2 Å². The molecule has 2 N–H and O–H groups in total. The van der Waals surface area contributed by atoms with Crippen LogP contribution in [0.3, 0.4) is 0 Å². The molecule has 3 amide bonds. The van der Waals surface area contributed by atoms with Crippen molar-refractivity contribution in [2.45, 2.75) is 128 Å². The van der Waals surface area contributed by atoms with Crippen LogP contribution in [-0.2, 0) is 20.7 Å². The molecule has 0 saturated heterocycles. The number of benzene rings is 2. The molecule has 1 aliphatic rings. The molecule has 0 aliphatic heterocycles. The van der Waals surface area contributed by atoms with Gasteiger partial charge in [0.25, 0.3) is 0 Å². The molecule has 2 aromatic rings. The van der Waals surface area contributed by atoms with Crippen molar-refractivity contribution < 1.29 is 19.1 Å². The van der Waals surface area contributed by atoms with Crippen LogP contribution in [0.1, 0.15) is 121 Å². The van der Waals surface area contributed by atoms with E-state index in [1.807, 2.05) is 54.6 Å². The van der Waals surface area contributed by atoms with E-state index in [4.69, 9.17) is 4.74 Å². The van der Waals surface area contributed by atoms with E-state index in [1.54, 1.807) is 31.7 Å². The van der Waals surface area contributed by atoms with Gasteiger partial charge >= 0.3 is 6.09 Å². The van der Waals surface area contributed by atoms with Crippen LogP contribution in [-0.4, -0.2) is 47.0 Å². The zero-order valence-electron chi connectivity index (χ0n) is 28.0. The first-order valence-corrected chi connectivity index (χ1v) is 17.0.